The van der Waals surface area contributed by atoms with E-state index in [9.17, 15) is 14.7 Å². The Kier molecular flexibility index (Phi) is 10.8. The predicted octanol–water partition coefficient (Wildman–Crippen LogP) is 8.61. The van der Waals surface area contributed by atoms with Crippen LogP contribution in [0, 0.1) is 12.8 Å². The van der Waals surface area contributed by atoms with Crippen LogP contribution in [-0.4, -0.2) is 57.3 Å². The third-order valence-electron chi connectivity index (χ3n) is 8.37. The first-order valence-electron chi connectivity index (χ1n) is 16.3. The molecule has 1 N–H and O–H groups in total. The highest BCUT2D eigenvalue weighted by atomic mass is 16.6. The number of aromatic hydroxyl groups is 1. The number of nitrogens with zero attached hydrogens (tertiary/aromatic N) is 3. The van der Waals surface area contributed by atoms with Crippen molar-refractivity contribution in [3.05, 3.63) is 108 Å². The number of hydrogen-bond acceptors (Lipinski definition) is 6. The molecule has 2 heterocycles. The number of benzene rings is 3. The van der Waals surface area contributed by atoms with Crippen LogP contribution in [0.1, 0.15) is 56.9 Å². The maximum Gasteiger partial charge on any atom is 0.410 e. The van der Waals surface area contributed by atoms with Crippen LogP contribution < -0.4 is 0 Å². The third kappa shape index (κ3) is 9.58. The van der Waals surface area contributed by atoms with Crippen molar-refractivity contribution >= 4 is 12.2 Å². The Hall–Kier alpha value is -4.85. The molecule has 246 valence electrons. The Labute approximate surface area is 278 Å². The lowest BCUT2D eigenvalue weighted by atomic mass is 9.93. The topological polar surface area (TPSA) is 92.2 Å². The van der Waals surface area contributed by atoms with Gasteiger partial charge in [-0.15, -0.1) is 0 Å². The smallest absolute Gasteiger partial charge is 0.410 e. The Morgan fingerprint density at radius 1 is 0.915 bits per heavy atom. The van der Waals surface area contributed by atoms with Gasteiger partial charge < -0.3 is 24.4 Å². The van der Waals surface area contributed by atoms with E-state index in [0.29, 0.717) is 36.8 Å². The van der Waals surface area contributed by atoms with E-state index in [1.165, 1.54) is 0 Å². The summed E-state index contributed by atoms with van der Waals surface area (Å²) in [6.45, 7) is 9.87. The van der Waals surface area contributed by atoms with Gasteiger partial charge in [-0.25, -0.2) is 9.59 Å². The number of phenolic OH excluding ortho intramolecular Hbond substituents is 1. The molecule has 0 saturated carbocycles. The number of amides is 2. The number of hydrogen-bond donors (Lipinski definition) is 1. The molecule has 0 bridgehead atoms. The molecular formula is C39H45N3O5. The molecule has 4 aromatic rings. The van der Waals surface area contributed by atoms with Crippen LogP contribution in [-0.2, 0) is 22.6 Å². The first-order chi connectivity index (χ1) is 22.5. The third-order valence-corrected chi connectivity index (χ3v) is 8.37. The number of ether oxygens (including phenoxy) is 2. The molecule has 3 aromatic carbocycles. The van der Waals surface area contributed by atoms with E-state index in [-0.39, 0.29) is 25.0 Å². The second kappa shape index (κ2) is 15.2. The first kappa shape index (κ1) is 33.5. The van der Waals surface area contributed by atoms with E-state index in [4.69, 9.17) is 9.47 Å². The van der Waals surface area contributed by atoms with Gasteiger partial charge in [0.15, 0.2) is 0 Å². The Bertz CT molecular complexity index is 1660. The number of carbonyl (C=O) groups excluding carboxylic acids is 2. The van der Waals surface area contributed by atoms with Crippen molar-refractivity contribution in [1.82, 2.24) is 14.8 Å². The van der Waals surface area contributed by atoms with Crippen molar-refractivity contribution in [1.29, 1.82) is 0 Å². The molecule has 0 unspecified atom stereocenters. The Balaban J connectivity index is 1.29. The van der Waals surface area contributed by atoms with Crippen molar-refractivity contribution in [2.45, 2.75) is 65.7 Å². The minimum atomic E-state index is -0.525. The molecule has 0 aliphatic carbocycles. The molecule has 0 atom stereocenters. The van der Waals surface area contributed by atoms with Gasteiger partial charge in [0.25, 0.3) is 0 Å². The van der Waals surface area contributed by atoms with Gasteiger partial charge in [0.1, 0.15) is 18.0 Å². The molecule has 1 aromatic heterocycles. The van der Waals surface area contributed by atoms with Crippen molar-refractivity contribution in [2.75, 3.05) is 19.6 Å². The zero-order chi connectivity index (χ0) is 33.4. The van der Waals surface area contributed by atoms with Gasteiger partial charge in [-0.1, -0.05) is 66.2 Å². The summed E-state index contributed by atoms with van der Waals surface area (Å²) in [5.74, 6) is 0.536. The largest absolute Gasteiger partial charge is 0.507 e. The van der Waals surface area contributed by atoms with Gasteiger partial charge in [0, 0.05) is 31.4 Å². The van der Waals surface area contributed by atoms with Crippen molar-refractivity contribution in [2.24, 2.45) is 5.92 Å². The van der Waals surface area contributed by atoms with Crippen LogP contribution in [0.25, 0.3) is 22.3 Å². The van der Waals surface area contributed by atoms with Crippen LogP contribution in [0.2, 0.25) is 0 Å². The fraction of sp³-hybridized carbons (Fsp3) is 0.359. The maximum atomic E-state index is 13.5. The summed E-state index contributed by atoms with van der Waals surface area (Å²) >= 11 is 0. The molecule has 1 fully saturated rings. The minimum absolute atomic E-state index is 0.176. The number of aromatic nitrogens is 1. The van der Waals surface area contributed by atoms with Crippen LogP contribution in [0.5, 0.6) is 5.75 Å². The first-order valence-corrected chi connectivity index (χ1v) is 16.3. The van der Waals surface area contributed by atoms with Gasteiger partial charge in [-0.05, 0) is 99.4 Å². The SMILES string of the molecule is Cc1cccc(-c2ccc(O)c(-c3ccnc(CN(CCC4CCN(C(=O)OC(C)(C)C)CC4)C(=O)OCc4ccccc4)c3)c2)c1. The summed E-state index contributed by atoms with van der Waals surface area (Å²) in [5.41, 5.74) is 5.84. The Morgan fingerprint density at radius 3 is 2.38 bits per heavy atom. The van der Waals surface area contributed by atoms with Crippen LogP contribution in [0.15, 0.2) is 91.1 Å². The number of aryl methyl sites for hydroxylation is 1. The molecule has 8 heteroatoms. The molecule has 0 spiro atoms. The van der Waals surface area contributed by atoms with Gasteiger partial charge in [0.2, 0.25) is 0 Å². The van der Waals surface area contributed by atoms with Crippen molar-refractivity contribution in [3.63, 3.8) is 0 Å². The predicted molar refractivity (Wildman–Crippen MR) is 184 cm³/mol. The fourth-order valence-electron chi connectivity index (χ4n) is 5.81. The summed E-state index contributed by atoms with van der Waals surface area (Å²) in [4.78, 5) is 34.1. The molecule has 5 rings (SSSR count). The van der Waals surface area contributed by atoms with E-state index in [1.807, 2.05) is 81.4 Å². The number of piperidine rings is 1. The summed E-state index contributed by atoms with van der Waals surface area (Å²) in [5, 5.41) is 10.8. The number of likely N-dealkylation sites (tertiary alicyclic amines) is 1. The van der Waals surface area contributed by atoms with Crippen molar-refractivity contribution < 1.29 is 24.2 Å². The van der Waals surface area contributed by atoms with Crippen molar-refractivity contribution in [3.8, 4) is 28.0 Å². The van der Waals surface area contributed by atoms with Gasteiger partial charge in [-0.3, -0.25) is 4.98 Å². The lowest BCUT2D eigenvalue weighted by molar-refractivity contribution is 0.0177. The van der Waals surface area contributed by atoms with Crippen LogP contribution in [0.3, 0.4) is 0 Å². The average Bonchev–Trinajstić information content (AvgIpc) is 3.06. The average molecular weight is 636 g/mol. The highest BCUT2D eigenvalue weighted by Crippen LogP contribution is 2.34. The van der Waals surface area contributed by atoms with Crippen LogP contribution >= 0.6 is 0 Å². The number of carbonyl (C=O) groups is 2. The molecule has 0 radical (unpaired) electrons. The molecule has 8 nitrogen and oxygen atoms in total. The molecule has 1 aliphatic heterocycles. The van der Waals surface area contributed by atoms with E-state index >= 15 is 0 Å². The van der Waals surface area contributed by atoms with Gasteiger partial charge in [0.05, 0.1) is 12.2 Å². The minimum Gasteiger partial charge on any atom is -0.507 e. The Morgan fingerprint density at radius 2 is 1.66 bits per heavy atom. The van der Waals surface area contributed by atoms with Crippen LogP contribution in [0.4, 0.5) is 9.59 Å². The highest BCUT2D eigenvalue weighted by molar-refractivity contribution is 5.77. The van der Waals surface area contributed by atoms with E-state index in [1.54, 1.807) is 22.1 Å². The molecular weight excluding hydrogens is 590 g/mol. The number of rotatable bonds is 9. The van der Waals surface area contributed by atoms with Gasteiger partial charge >= 0.3 is 12.2 Å². The second-order valence-electron chi connectivity index (χ2n) is 13.3. The highest BCUT2D eigenvalue weighted by Gasteiger charge is 2.28. The number of phenols is 1. The molecule has 2 amide bonds. The van der Waals surface area contributed by atoms with E-state index in [0.717, 1.165) is 47.1 Å². The normalized spacial score (nSPS) is 13.7. The lowest BCUT2D eigenvalue weighted by Crippen LogP contribution is -2.42. The van der Waals surface area contributed by atoms with Gasteiger partial charge in [-0.2, -0.15) is 0 Å². The quantitative estimate of drug-likeness (QED) is 0.198. The lowest BCUT2D eigenvalue weighted by Gasteiger charge is -2.34. The second-order valence-corrected chi connectivity index (χ2v) is 13.3. The zero-order valence-corrected chi connectivity index (χ0v) is 27.8. The monoisotopic (exact) mass is 635 g/mol. The summed E-state index contributed by atoms with van der Waals surface area (Å²) in [7, 11) is 0. The number of pyridine rings is 1. The van der Waals surface area contributed by atoms with E-state index in [2.05, 4.69) is 30.1 Å². The van der Waals surface area contributed by atoms with E-state index < -0.39 is 11.7 Å². The molecule has 1 aliphatic rings. The summed E-state index contributed by atoms with van der Waals surface area (Å²) in [6.07, 6.45) is 3.50. The fourth-order valence-corrected chi connectivity index (χ4v) is 5.81. The standard InChI is InChI=1S/C39H45N3O5/c1-28-9-8-12-31(23-28)32-13-14-36(43)35(25-32)33-15-19-40-34(24-33)26-42(37(44)46-27-30-10-6-5-7-11-30)22-18-29-16-20-41(21-17-29)38(45)47-39(2,3)4/h5-15,19,23-25,29,43H,16-18,20-22,26-27H2,1-4H3. The molecule has 1 saturated heterocycles. The summed E-state index contributed by atoms with van der Waals surface area (Å²) in [6, 6.07) is 27.3. The summed E-state index contributed by atoms with van der Waals surface area (Å²) < 4.78 is 11.3. The molecule has 47 heavy (non-hydrogen) atoms. The maximum absolute atomic E-state index is 13.5. The zero-order valence-electron chi connectivity index (χ0n) is 27.8.